The van der Waals surface area contributed by atoms with Crippen molar-refractivity contribution in [2.45, 2.75) is 26.7 Å². The Kier molecular flexibility index (Phi) is 4.61. The summed E-state index contributed by atoms with van der Waals surface area (Å²) in [5.74, 6) is 0.101. The van der Waals surface area contributed by atoms with Crippen LogP contribution in [0.15, 0.2) is 24.3 Å². The van der Waals surface area contributed by atoms with Gasteiger partial charge in [-0.2, -0.15) is 0 Å². The molecule has 0 atom stereocenters. The molecule has 0 aliphatic heterocycles. The van der Waals surface area contributed by atoms with Crippen LogP contribution in [0.3, 0.4) is 0 Å². The van der Waals surface area contributed by atoms with Crippen LogP contribution in [0.2, 0.25) is 0 Å². The standard InChI is InChI=1S/C15H17F2N3/c1-3-5-18-15-9-13(19-14(4-2)20-15)10-6-11(16)8-12(17)7-10/h6-9H,3-5H2,1-2H3,(H,18,19,20). The summed E-state index contributed by atoms with van der Waals surface area (Å²) in [4.78, 5) is 8.68. The van der Waals surface area contributed by atoms with Crippen molar-refractivity contribution < 1.29 is 8.78 Å². The highest BCUT2D eigenvalue weighted by Gasteiger charge is 2.08. The maximum atomic E-state index is 13.3. The van der Waals surface area contributed by atoms with Gasteiger partial charge >= 0.3 is 0 Å². The number of aryl methyl sites for hydroxylation is 1. The molecule has 0 aliphatic rings. The lowest BCUT2D eigenvalue weighted by atomic mass is 10.1. The Morgan fingerprint density at radius 2 is 1.70 bits per heavy atom. The van der Waals surface area contributed by atoms with Gasteiger partial charge in [0.1, 0.15) is 23.3 Å². The normalized spacial score (nSPS) is 10.6. The molecule has 0 saturated heterocycles. The molecule has 2 rings (SSSR count). The van der Waals surface area contributed by atoms with E-state index in [1.807, 2.05) is 6.92 Å². The van der Waals surface area contributed by atoms with E-state index in [1.165, 1.54) is 12.1 Å². The predicted octanol–water partition coefficient (Wildman–Crippen LogP) is 3.81. The van der Waals surface area contributed by atoms with E-state index < -0.39 is 11.6 Å². The molecule has 3 nitrogen and oxygen atoms in total. The lowest BCUT2D eigenvalue weighted by Gasteiger charge is -2.09. The molecule has 2 aromatic rings. The first-order valence-electron chi connectivity index (χ1n) is 6.70. The first-order chi connectivity index (χ1) is 9.62. The Balaban J connectivity index is 2.43. The van der Waals surface area contributed by atoms with Crippen molar-refractivity contribution >= 4 is 5.82 Å². The summed E-state index contributed by atoms with van der Waals surface area (Å²) in [5.41, 5.74) is 0.938. The summed E-state index contributed by atoms with van der Waals surface area (Å²) in [7, 11) is 0. The fourth-order valence-electron chi connectivity index (χ4n) is 1.85. The zero-order chi connectivity index (χ0) is 14.5. The van der Waals surface area contributed by atoms with E-state index in [0.29, 0.717) is 29.3 Å². The number of nitrogens with zero attached hydrogens (tertiary/aromatic N) is 2. The first-order valence-corrected chi connectivity index (χ1v) is 6.70. The van der Waals surface area contributed by atoms with Crippen molar-refractivity contribution in [3.63, 3.8) is 0 Å². The Bertz CT molecular complexity index is 579. The minimum atomic E-state index is -0.611. The van der Waals surface area contributed by atoms with Crippen molar-refractivity contribution in [3.8, 4) is 11.3 Å². The predicted molar refractivity (Wildman–Crippen MR) is 75.5 cm³/mol. The third-order valence-electron chi connectivity index (χ3n) is 2.80. The molecule has 0 fully saturated rings. The molecule has 0 unspecified atom stereocenters. The summed E-state index contributed by atoms with van der Waals surface area (Å²) in [6, 6.07) is 5.10. The number of benzene rings is 1. The average Bonchev–Trinajstić information content (AvgIpc) is 2.43. The summed E-state index contributed by atoms with van der Waals surface area (Å²) in [6.45, 7) is 4.78. The van der Waals surface area contributed by atoms with Gasteiger partial charge in [0.2, 0.25) is 0 Å². The van der Waals surface area contributed by atoms with Gasteiger partial charge in [-0.25, -0.2) is 18.7 Å². The molecule has 1 N–H and O–H groups in total. The monoisotopic (exact) mass is 277 g/mol. The molecule has 5 heteroatoms. The topological polar surface area (TPSA) is 37.8 Å². The Morgan fingerprint density at radius 3 is 2.30 bits per heavy atom. The summed E-state index contributed by atoms with van der Waals surface area (Å²) in [5, 5.41) is 3.17. The van der Waals surface area contributed by atoms with E-state index in [4.69, 9.17) is 0 Å². The fraction of sp³-hybridized carbons (Fsp3) is 0.333. The van der Waals surface area contributed by atoms with Crippen LogP contribution in [0.5, 0.6) is 0 Å². The van der Waals surface area contributed by atoms with Crippen molar-refractivity contribution in [2.24, 2.45) is 0 Å². The van der Waals surface area contributed by atoms with Crippen LogP contribution in [0.1, 0.15) is 26.1 Å². The summed E-state index contributed by atoms with van der Waals surface area (Å²) < 4.78 is 26.6. The number of aromatic nitrogens is 2. The smallest absolute Gasteiger partial charge is 0.131 e. The van der Waals surface area contributed by atoms with Crippen molar-refractivity contribution in [2.75, 3.05) is 11.9 Å². The second-order valence-corrected chi connectivity index (χ2v) is 4.49. The number of hydrogen-bond acceptors (Lipinski definition) is 3. The van der Waals surface area contributed by atoms with Gasteiger partial charge in [-0.05, 0) is 18.6 Å². The van der Waals surface area contributed by atoms with Gasteiger partial charge in [0.25, 0.3) is 0 Å². The highest BCUT2D eigenvalue weighted by atomic mass is 19.1. The quantitative estimate of drug-likeness (QED) is 0.903. The van der Waals surface area contributed by atoms with Crippen LogP contribution in [-0.4, -0.2) is 16.5 Å². The summed E-state index contributed by atoms with van der Waals surface area (Å²) >= 11 is 0. The van der Waals surface area contributed by atoms with Crippen LogP contribution in [0.4, 0.5) is 14.6 Å². The average molecular weight is 277 g/mol. The maximum Gasteiger partial charge on any atom is 0.131 e. The zero-order valence-corrected chi connectivity index (χ0v) is 11.6. The molecule has 0 radical (unpaired) electrons. The number of rotatable bonds is 5. The number of hydrogen-bond donors (Lipinski definition) is 1. The lowest BCUT2D eigenvalue weighted by molar-refractivity contribution is 0.584. The zero-order valence-electron chi connectivity index (χ0n) is 11.6. The van der Waals surface area contributed by atoms with E-state index in [9.17, 15) is 8.78 Å². The van der Waals surface area contributed by atoms with Gasteiger partial charge in [-0.3, -0.25) is 0 Å². The molecule has 1 aromatic carbocycles. The van der Waals surface area contributed by atoms with Crippen LogP contribution >= 0.6 is 0 Å². The third kappa shape index (κ3) is 3.50. The SMILES string of the molecule is CCCNc1cc(-c2cc(F)cc(F)c2)nc(CC)n1. The van der Waals surface area contributed by atoms with Crippen LogP contribution < -0.4 is 5.32 Å². The Hall–Kier alpha value is -2.04. The molecular formula is C15H17F2N3. The molecule has 20 heavy (non-hydrogen) atoms. The number of nitrogens with one attached hydrogen (secondary N) is 1. The molecule has 1 heterocycles. The number of halogens is 2. The van der Waals surface area contributed by atoms with Crippen molar-refractivity contribution in [3.05, 3.63) is 41.7 Å². The molecule has 0 amide bonds. The van der Waals surface area contributed by atoms with Gasteiger partial charge in [-0.15, -0.1) is 0 Å². The molecule has 0 spiro atoms. The lowest BCUT2D eigenvalue weighted by Crippen LogP contribution is -2.05. The van der Waals surface area contributed by atoms with Crippen molar-refractivity contribution in [1.29, 1.82) is 0 Å². The largest absolute Gasteiger partial charge is 0.370 e. The minimum absolute atomic E-state index is 0.416. The van der Waals surface area contributed by atoms with Gasteiger partial charge in [-0.1, -0.05) is 13.8 Å². The minimum Gasteiger partial charge on any atom is -0.370 e. The maximum absolute atomic E-state index is 13.3. The van der Waals surface area contributed by atoms with Gasteiger partial charge in [0, 0.05) is 30.7 Å². The first kappa shape index (κ1) is 14.4. The van der Waals surface area contributed by atoms with Gasteiger partial charge in [0.05, 0.1) is 5.69 Å². The van der Waals surface area contributed by atoms with E-state index >= 15 is 0 Å². The number of anilines is 1. The Morgan fingerprint density at radius 1 is 1.00 bits per heavy atom. The van der Waals surface area contributed by atoms with Gasteiger partial charge in [0.15, 0.2) is 0 Å². The molecule has 106 valence electrons. The molecule has 0 bridgehead atoms. The molecule has 1 aromatic heterocycles. The highest BCUT2D eigenvalue weighted by molar-refractivity contribution is 5.62. The van der Waals surface area contributed by atoms with E-state index in [2.05, 4.69) is 22.2 Å². The fourth-order valence-corrected chi connectivity index (χ4v) is 1.85. The van der Waals surface area contributed by atoms with E-state index in [1.54, 1.807) is 6.07 Å². The second kappa shape index (κ2) is 6.41. The van der Waals surface area contributed by atoms with Crippen LogP contribution in [0.25, 0.3) is 11.3 Å². The molecule has 0 aliphatic carbocycles. The second-order valence-electron chi connectivity index (χ2n) is 4.49. The molecule has 0 saturated carbocycles. The highest BCUT2D eigenvalue weighted by Crippen LogP contribution is 2.22. The van der Waals surface area contributed by atoms with Crippen LogP contribution in [-0.2, 0) is 6.42 Å². The van der Waals surface area contributed by atoms with Crippen LogP contribution in [0, 0.1) is 11.6 Å². The van der Waals surface area contributed by atoms with Gasteiger partial charge < -0.3 is 5.32 Å². The van der Waals surface area contributed by atoms with E-state index in [0.717, 1.165) is 19.0 Å². The van der Waals surface area contributed by atoms with E-state index in [-0.39, 0.29) is 0 Å². The summed E-state index contributed by atoms with van der Waals surface area (Å²) in [6.07, 6.45) is 1.63. The Labute approximate surface area is 117 Å². The third-order valence-corrected chi connectivity index (χ3v) is 2.80. The molecular weight excluding hydrogens is 260 g/mol. The van der Waals surface area contributed by atoms with Crippen molar-refractivity contribution in [1.82, 2.24) is 9.97 Å².